The van der Waals surface area contributed by atoms with Gasteiger partial charge in [-0.1, -0.05) is 30.3 Å². The number of ether oxygens (including phenoxy) is 1. The van der Waals surface area contributed by atoms with E-state index in [1.165, 1.54) is 0 Å². The summed E-state index contributed by atoms with van der Waals surface area (Å²) < 4.78 is 5.17. The first-order chi connectivity index (χ1) is 8.98. The lowest BCUT2D eigenvalue weighted by Gasteiger charge is -2.45. The van der Waals surface area contributed by atoms with Crippen LogP contribution in [0.3, 0.4) is 0 Å². The summed E-state index contributed by atoms with van der Waals surface area (Å²) >= 11 is 0. The molecule has 106 valence electrons. The number of benzene rings is 1. The van der Waals surface area contributed by atoms with E-state index in [0.717, 1.165) is 0 Å². The maximum atomic E-state index is 10.3. The van der Waals surface area contributed by atoms with Crippen LogP contribution in [0, 0.1) is 0 Å². The van der Waals surface area contributed by atoms with Gasteiger partial charge in [0.25, 0.3) is 0 Å². The Morgan fingerprint density at radius 2 is 1.68 bits per heavy atom. The van der Waals surface area contributed by atoms with Crippen molar-refractivity contribution < 1.29 is 30.3 Å². The molecule has 6 heteroatoms. The van der Waals surface area contributed by atoms with Crippen LogP contribution in [0.25, 0.3) is 0 Å². The SMILES string of the molecule is OC[C@@H]1OC(O)(Cc2ccccc2)[C@@H](O)[C@H](O)[C@H]1O. The molecule has 1 fully saturated rings. The third-order valence-electron chi connectivity index (χ3n) is 3.35. The average Bonchev–Trinajstić information content (AvgIpc) is 2.42. The Hall–Kier alpha value is -1.02. The lowest BCUT2D eigenvalue weighted by Crippen LogP contribution is -2.65. The van der Waals surface area contributed by atoms with Gasteiger partial charge in [-0.15, -0.1) is 0 Å². The molecule has 5 N–H and O–H groups in total. The van der Waals surface area contributed by atoms with Gasteiger partial charge in [-0.25, -0.2) is 0 Å². The molecule has 5 atom stereocenters. The van der Waals surface area contributed by atoms with Gasteiger partial charge in [0.1, 0.15) is 24.4 Å². The highest BCUT2D eigenvalue weighted by Crippen LogP contribution is 2.30. The van der Waals surface area contributed by atoms with Crippen molar-refractivity contribution in [3.63, 3.8) is 0 Å². The third-order valence-corrected chi connectivity index (χ3v) is 3.35. The van der Waals surface area contributed by atoms with Crippen molar-refractivity contribution >= 4 is 0 Å². The molecule has 6 nitrogen and oxygen atoms in total. The van der Waals surface area contributed by atoms with E-state index >= 15 is 0 Å². The van der Waals surface area contributed by atoms with Gasteiger partial charge in [0, 0.05) is 6.42 Å². The fourth-order valence-electron chi connectivity index (χ4n) is 2.25. The number of aliphatic hydroxyl groups excluding tert-OH is 4. The van der Waals surface area contributed by atoms with Gasteiger partial charge in [0.15, 0.2) is 5.79 Å². The van der Waals surface area contributed by atoms with E-state index < -0.39 is 36.8 Å². The monoisotopic (exact) mass is 270 g/mol. The summed E-state index contributed by atoms with van der Waals surface area (Å²) in [6, 6.07) is 8.81. The maximum Gasteiger partial charge on any atom is 0.199 e. The van der Waals surface area contributed by atoms with Crippen molar-refractivity contribution in [2.24, 2.45) is 0 Å². The molecule has 1 saturated heterocycles. The first kappa shape index (κ1) is 14.4. The van der Waals surface area contributed by atoms with Crippen LogP contribution < -0.4 is 0 Å². The Bertz CT molecular complexity index is 409. The molecule has 0 spiro atoms. The molecule has 1 aromatic rings. The molecule has 1 aromatic carbocycles. The van der Waals surface area contributed by atoms with E-state index in [2.05, 4.69) is 0 Å². The van der Waals surface area contributed by atoms with Crippen molar-refractivity contribution in [2.75, 3.05) is 6.61 Å². The molecule has 1 aliphatic heterocycles. The smallest absolute Gasteiger partial charge is 0.199 e. The molecule has 0 aromatic heterocycles. The van der Waals surface area contributed by atoms with Crippen LogP contribution in [-0.4, -0.2) is 62.3 Å². The zero-order chi connectivity index (χ0) is 14.0. The van der Waals surface area contributed by atoms with Gasteiger partial charge >= 0.3 is 0 Å². The number of aliphatic hydroxyl groups is 5. The quantitative estimate of drug-likeness (QED) is 0.452. The molecule has 1 unspecified atom stereocenters. The summed E-state index contributed by atoms with van der Waals surface area (Å²) in [4.78, 5) is 0. The summed E-state index contributed by atoms with van der Waals surface area (Å²) in [5, 5.41) is 48.6. The number of rotatable bonds is 3. The lowest BCUT2D eigenvalue weighted by atomic mass is 9.89. The summed E-state index contributed by atoms with van der Waals surface area (Å²) in [7, 11) is 0. The molecule has 0 radical (unpaired) electrons. The van der Waals surface area contributed by atoms with Gasteiger partial charge in [-0.05, 0) is 5.56 Å². The van der Waals surface area contributed by atoms with Crippen LogP contribution in [0.1, 0.15) is 5.56 Å². The Morgan fingerprint density at radius 1 is 1.05 bits per heavy atom. The fraction of sp³-hybridized carbons (Fsp3) is 0.538. The standard InChI is InChI=1S/C13H18O6/c14-7-9-10(15)11(16)12(17)13(18,19-9)6-8-4-2-1-3-5-8/h1-5,9-12,14-18H,6-7H2/t9-,10-,11+,12-,13?/m0/s1. The van der Waals surface area contributed by atoms with E-state index in [-0.39, 0.29) is 6.42 Å². The Morgan fingerprint density at radius 3 is 2.26 bits per heavy atom. The van der Waals surface area contributed by atoms with Crippen LogP contribution in [0.2, 0.25) is 0 Å². The normalized spacial score (nSPS) is 39.2. The minimum Gasteiger partial charge on any atom is -0.394 e. The summed E-state index contributed by atoms with van der Waals surface area (Å²) in [6.07, 6.45) is -5.90. The van der Waals surface area contributed by atoms with Crippen molar-refractivity contribution in [1.82, 2.24) is 0 Å². The van der Waals surface area contributed by atoms with Crippen molar-refractivity contribution in [1.29, 1.82) is 0 Å². The first-order valence-electron chi connectivity index (χ1n) is 6.07. The van der Waals surface area contributed by atoms with Gasteiger partial charge in [0.05, 0.1) is 6.61 Å². The largest absolute Gasteiger partial charge is 0.394 e. The topological polar surface area (TPSA) is 110 Å². The predicted molar refractivity (Wildman–Crippen MR) is 65.1 cm³/mol. The van der Waals surface area contributed by atoms with E-state index in [0.29, 0.717) is 5.56 Å². The molecular weight excluding hydrogens is 252 g/mol. The molecule has 0 aliphatic carbocycles. The molecule has 1 heterocycles. The molecule has 0 amide bonds. The fourth-order valence-corrected chi connectivity index (χ4v) is 2.25. The van der Waals surface area contributed by atoms with Gasteiger partial charge in [0.2, 0.25) is 0 Å². The minimum absolute atomic E-state index is 0.0602. The van der Waals surface area contributed by atoms with Crippen LogP contribution in [0.15, 0.2) is 30.3 Å². The maximum absolute atomic E-state index is 10.3. The highest BCUT2D eigenvalue weighted by Gasteiger charge is 2.52. The van der Waals surface area contributed by atoms with Crippen LogP contribution >= 0.6 is 0 Å². The van der Waals surface area contributed by atoms with E-state index in [4.69, 9.17) is 9.84 Å². The zero-order valence-corrected chi connectivity index (χ0v) is 10.3. The Balaban J connectivity index is 2.21. The second kappa shape index (κ2) is 5.54. The molecular formula is C13H18O6. The Kier molecular flexibility index (Phi) is 4.19. The van der Waals surface area contributed by atoms with Crippen LogP contribution in [0.4, 0.5) is 0 Å². The first-order valence-corrected chi connectivity index (χ1v) is 6.07. The second-order valence-corrected chi connectivity index (χ2v) is 4.77. The van der Waals surface area contributed by atoms with E-state index in [1.54, 1.807) is 30.3 Å². The second-order valence-electron chi connectivity index (χ2n) is 4.77. The average molecular weight is 270 g/mol. The highest BCUT2D eigenvalue weighted by molar-refractivity contribution is 5.17. The van der Waals surface area contributed by atoms with Crippen molar-refractivity contribution in [3.05, 3.63) is 35.9 Å². The van der Waals surface area contributed by atoms with Crippen LogP contribution in [0.5, 0.6) is 0 Å². The van der Waals surface area contributed by atoms with E-state index in [1.807, 2.05) is 0 Å². The molecule has 2 rings (SSSR count). The number of hydrogen-bond acceptors (Lipinski definition) is 6. The van der Waals surface area contributed by atoms with Gasteiger partial charge < -0.3 is 30.3 Å². The van der Waals surface area contributed by atoms with Gasteiger partial charge in [-0.3, -0.25) is 0 Å². The lowest BCUT2D eigenvalue weighted by molar-refractivity contribution is -0.348. The number of hydrogen-bond donors (Lipinski definition) is 5. The zero-order valence-electron chi connectivity index (χ0n) is 10.3. The van der Waals surface area contributed by atoms with Gasteiger partial charge in [-0.2, -0.15) is 0 Å². The molecule has 0 bridgehead atoms. The summed E-state index contributed by atoms with van der Waals surface area (Å²) in [5.74, 6) is -2.05. The Labute approximate surface area is 110 Å². The highest BCUT2D eigenvalue weighted by atomic mass is 16.7. The summed E-state index contributed by atoms with van der Waals surface area (Å²) in [6.45, 7) is -0.567. The summed E-state index contributed by atoms with van der Waals surface area (Å²) in [5.41, 5.74) is 0.698. The molecule has 19 heavy (non-hydrogen) atoms. The van der Waals surface area contributed by atoms with Crippen molar-refractivity contribution in [2.45, 2.75) is 36.6 Å². The molecule has 0 saturated carbocycles. The van der Waals surface area contributed by atoms with Crippen LogP contribution in [-0.2, 0) is 11.2 Å². The van der Waals surface area contributed by atoms with E-state index in [9.17, 15) is 20.4 Å². The predicted octanol–water partition coefficient (Wildman–Crippen LogP) is -1.61. The minimum atomic E-state index is -2.05. The third kappa shape index (κ3) is 2.79. The molecule has 1 aliphatic rings. The van der Waals surface area contributed by atoms with Crippen molar-refractivity contribution in [3.8, 4) is 0 Å².